The highest BCUT2D eigenvalue weighted by Crippen LogP contribution is 2.23. The van der Waals surface area contributed by atoms with Crippen LogP contribution in [0.4, 0.5) is 5.82 Å². The summed E-state index contributed by atoms with van der Waals surface area (Å²) in [5, 5.41) is 3.99. The summed E-state index contributed by atoms with van der Waals surface area (Å²) in [7, 11) is 0. The molecular weight excluding hydrogens is 246 g/mol. The average molecular weight is 262 g/mol. The van der Waals surface area contributed by atoms with E-state index < -0.39 is 0 Å². The molecule has 1 heterocycles. The molecule has 2 rings (SSSR count). The van der Waals surface area contributed by atoms with Crippen LogP contribution in [0.3, 0.4) is 0 Å². The zero-order valence-electron chi connectivity index (χ0n) is 10.6. The van der Waals surface area contributed by atoms with E-state index in [4.69, 9.17) is 11.6 Å². The van der Waals surface area contributed by atoms with Gasteiger partial charge in [-0.3, -0.25) is 0 Å². The van der Waals surface area contributed by atoms with E-state index in [1.165, 1.54) is 0 Å². The van der Waals surface area contributed by atoms with Crippen LogP contribution in [0.2, 0.25) is 5.02 Å². The highest BCUT2D eigenvalue weighted by Gasteiger charge is 2.06. The lowest BCUT2D eigenvalue weighted by atomic mass is 10.1. The molecule has 0 spiro atoms. The zero-order valence-corrected chi connectivity index (χ0v) is 11.3. The quantitative estimate of drug-likeness (QED) is 0.906. The summed E-state index contributed by atoms with van der Waals surface area (Å²) in [6, 6.07) is 7.62. The predicted molar refractivity (Wildman–Crippen MR) is 76.0 cm³/mol. The number of nitrogens with zero attached hydrogens (tertiary/aromatic N) is 2. The summed E-state index contributed by atoms with van der Waals surface area (Å²) in [5.74, 6) is 1.58. The van der Waals surface area contributed by atoms with Gasteiger partial charge in [-0.25, -0.2) is 9.97 Å². The molecule has 0 aliphatic heterocycles. The Labute approximate surface area is 112 Å². The Bertz CT molecular complexity index is 540. The zero-order chi connectivity index (χ0) is 13.0. The topological polar surface area (TPSA) is 37.8 Å². The molecule has 0 unspecified atom stereocenters. The van der Waals surface area contributed by atoms with Crippen LogP contribution in [-0.2, 0) is 0 Å². The normalized spacial score (nSPS) is 10.4. The maximum absolute atomic E-state index is 5.95. The van der Waals surface area contributed by atoms with E-state index in [9.17, 15) is 0 Å². The second kappa shape index (κ2) is 5.83. The lowest BCUT2D eigenvalue weighted by molar-refractivity contribution is 0.965. The minimum Gasteiger partial charge on any atom is -0.370 e. The molecule has 4 heteroatoms. The van der Waals surface area contributed by atoms with Crippen molar-refractivity contribution in [3.63, 3.8) is 0 Å². The summed E-state index contributed by atoms with van der Waals surface area (Å²) in [5.41, 5.74) is 2.09. The minimum absolute atomic E-state index is 0.727. The number of benzene rings is 1. The first-order valence-electron chi connectivity index (χ1n) is 6.04. The Morgan fingerprint density at radius 3 is 2.83 bits per heavy atom. The summed E-state index contributed by atoms with van der Waals surface area (Å²) >= 11 is 5.95. The highest BCUT2D eigenvalue weighted by molar-refractivity contribution is 6.30. The Kier molecular flexibility index (Phi) is 4.15. The Hall–Kier alpha value is -1.61. The van der Waals surface area contributed by atoms with Gasteiger partial charge < -0.3 is 5.32 Å². The van der Waals surface area contributed by atoms with Gasteiger partial charge in [-0.05, 0) is 43.2 Å². The molecule has 2 aromatic rings. The predicted octanol–water partition coefficient (Wildman–Crippen LogP) is 3.93. The molecule has 1 N–H and O–H groups in total. The van der Waals surface area contributed by atoms with E-state index >= 15 is 0 Å². The number of nitrogens with one attached hydrogen (secondary N) is 1. The van der Waals surface area contributed by atoms with Crippen molar-refractivity contribution in [3.05, 3.63) is 41.0 Å². The van der Waals surface area contributed by atoms with Gasteiger partial charge in [0, 0.05) is 23.3 Å². The van der Waals surface area contributed by atoms with Crippen LogP contribution < -0.4 is 5.32 Å². The lowest BCUT2D eigenvalue weighted by Crippen LogP contribution is -2.03. The van der Waals surface area contributed by atoms with Gasteiger partial charge in [-0.2, -0.15) is 0 Å². The van der Waals surface area contributed by atoms with E-state index in [2.05, 4.69) is 22.2 Å². The van der Waals surface area contributed by atoms with Crippen molar-refractivity contribution >= 4 is 17.4 Å². The van der Waals surface area contributed by atoms with Crippen molar-refractivity contribution in [3.8, 4) is 11.4 Å². The number of aromatic nitrogens is 2. The second-order valence-corrected chi connectivity index (χ2v) is 4.59. The molecule has 1 aromatic carbocycles. The van der Waals surface area contributed by atoms with Gasteiger partial charge in [-0.1, -0.05) is 18.5 Å². The molecule has 0 radical (unpaired) electrons. The summed E-state index contributed by atoms with van der Waals surface area (Å²) in [6.07, 6.45) is 2.84. The third-order valence-electron chi connectivity index (χ3n) is 2.64. The molecule has 0 saturated carbocycles. The number of halogens is 1. The SMILES string of the molecule is CCCNc1ccnc(-c2ccc(Cl)cc2C)n1. The van der Waals surface area contributed by atoms with Gasteiger partial charge in [0.1, 0.15) is 5.82 Å². The third-order valence-corrected chi connectivity index (χ3v) is 2.88. The van der Waals surface area contributed by atoms with Crippen LogP contribution in [0, 0.1) is 6.92 Å². The molecule has 0 aliphatic carbocycles. The molecule has 0 bridgehead atoms. The number of aryl methyl sites for hydroxylation is 1. The average Bonchev–Trinajstić information content (AvgIpc) is 2.36. The summed E-state index contributed by atoms with van der Waals surface area (Å²) < 4.78 is 0. The molecule has 18 heavy (non-hydrogen) atoms. The highest BCUT2D eigenvalue weighted by atomic mass is 35.5. The van der Waals surface area contributed by atoms with Crippen molar-refractivity contribution in [2.75, 3.05) is 11.9 Å². The van der Waals surface area contributed by atoms with Crippen molar-refractivity contribution < 1.29 is 0 Å². The molecule has 0 saturated heterocycles. The van der Waals surface area contributed by atoms with Crippen LogP contribution >= 0.6 is 11.6 Å². The van der Waals surface area contributed by atoms with Gasteiger partial charge in [-0.15, -0.1) is 0 Å². The molecule has 0 atom stereocenters. The monoisotopic (exact) mass is 261 g/mol. The number of hydrogen-bond acceptors (Lipinski definition) is 3. The van der Waals surface area contributed by atoms with E-state index in [0.29, 0.717) is 0 Å². The van der Waals surface area contributed by atoms with Crippen LogP contribution in [0.15, 0.2) is 30.5 Å². The molecule has 94 valence electrons. The second-order valence-electron chi connectivity index (χ2n) is 4.15. The Morgan fingerprint density at radius 1 is 1.28 bits per heavy atom. The Morgan fingerprint density at radius 2 is 2.11 bits per heavy atom. The third kappa shape index (κ3) is 2.99. The van der Waals surface area contributed by atoms with Gasteiger partial charge in [0.2, 0.25) is 0 Å². The lowest BCUT2D eigenvalue weighted by Gasteiger charge is -2.08. The van der Waals surface area contributed by atoms with Crippen LogP contribution in [-0.4, -0.2) is 16.5 Å². The van der Waals surface area contributed by atoms with E-state index in [-0.39, 0.29) is 0 Å². The van der Waals surface area contributed by atoms with Gasteiger partial charge in [0.25, 0.3) is 0 Å². The van der Waals surface area contributed by atoms with Crippen molar-refractivity contribution in [2.24, 2.45) is 0 Å². The van der Waals surface area contributed by atoms with Crippen molar-refractivity contribution in [1.82, 2.24) is 9.97 Å². The van der Waals surface area contributed by atoms with Crippen LogP contribution in [0.25, 0.3) is 11.4 Å². The number of rotatable bonds is 4. The van der Waals surface area contributed by atoms with Crippen LogP contribution in [0.1, 0.15) is 18.9 Å². The van der Waals surface area contributed by atoms with E-state index in [1.807, 2.05) is 31.2 Å². The van der Waals surface area contributed by atoms with E-state index in [1.54, 1.807) is 6.20 Å². The summed E-state index contributed by atoms with van der Waals surface area (Å²) in [6.45, 7) is 5.05. The van der Waals surface area contributed by atoms with E-state index in [0.717, 1.165) is 40.8 Å². The fourth-order valence-electron chi connectivity index (χ4n) is 1.72. The smallest absolute Gasteiger partial charge is 0.161 e. The summed E-state index contributed by atoms with van der Waals surface area (Å²) in [4.78, 5) is 8.82. The van der Waals surface area contributed by atoms with Crippen molar-refractivity contribution in [1.29, 1.82) is 0 Å². The molecule has 0 amide bonds. The molecule has 3 nitrogen and oxygen atoms in total. The molecule has 0 aliphatic rings. The number of hydrogen-bond donors (Lipinski definition) is 1. The fraction of sp³-hybridized carbons (Fsp3) is 0.286. The largest absolute Gasteiger partial charge is 0.370 e. The van der Waals surface area contributed by atoms with Gasteiger partial charge in [0.05, 0.1) is 0 Å². The number of anilines is 1. The molecule has 1 aromatic heterocycles. The van der Waals surface area contributed by atoms with Crippen molar-refractivity contribution in [2.45, 2.75) is 20.3 Å². The standard InChI is InChI=1S/C14H16ClN3/c1-3-7-16-13-6-8-17-14(18-13)12-5-4-11(15)9-10(12)2/h4-6,8-9H,3,7H2,1-2H3,(H,16,17,18). The first-order valence-corrected chi connectivity index (χ1v) is 6.42. The maximum Gasteiger partial charge on any atom is 0.161 e. The first kappa shape index (κ1) is 12.8. The van der Waals surface area contributed by atoms with Gasteiger partial charge in [0.15, 0.2) is 5.82 Å². The minimum atomic E-state index is 0.727. The van der Waals surface area contributed by atoms with Gasteiger partial charge >= 0.3 is 0 Å². The Balaban J connectivity index is 2.32. The van der Waals surface area contributed by atoms with Crippen LogP contribution in [0.5, 0.6) is 0 Å². The first-order chi connectivity index (χ1) is 8.70. The fourth-order valence-corrected chi connectivity index (χ4v) is 1.94. The molecule has 0 fully saturated rings. The maximum atomic E-state index is 5.95. The molecular formula is C14H16ClN3.